The molecule has 3 N–H and O–H groups in total. The predicted octanol–water partition coefficient (Wildman–Crippen LogP) is 2.59. The van der Waals surface area contributed by atoms with Gasteiger partial charge in [0.1, 0.15) is 5.69 Å². The fraction of sp³-hybridized carbons (Fsp3) is 0.500. The Kier molecular flexibility index (Phi) is 6.10. The molecular weight excluding hydrogens is 234 g/mol. The number of unbranched alkanes of at least 4 members (excludes halogenated alkanes) is 2. The molecule has 0 amide bonds. The molecule has 0 heterocycles. The molecule has 0 aromatic heterocycles. The smallest absolute Gasteiger partial charge is 0.294 e. The number of hydrazine groups is 1. The van der Waals surface area contributed by atoms with Crippen LogP contribution in [-0.4, -0.2) is 11.5 Å². The summed E-state index contributed by atoms with van der Waals surface area (Å²) in [6, 6.07) is 4.81. The van der Waals surface area contributed by atoms with Gasteiger partial charge in [0, 0.05) is 18.2 Å². The van der Waals surface area contributed by atoms with Crippen LogP contribution in [0.3, 0.4) is 0 Å². The summed E-state index contributed by atoms with van der Waals surface area (Å²) in [7, 11) is 0. The Morgan fingerprint density at radius 3 is 2.83 bits per heavy atom. The van der Waals surface area contributed by atoms with Crippen LogP contribution in [-0.2, 0) is 11.3 Å². The number of ether oxygens (including phenoxy) is 1. The number of benzene rings is 1. The van der Waals surface area contributed by atoms with Gasteiger partial charge in [-0.3, -0.25) is 16.0 Å². The SMILES string of the molecule is CCCCCOCc1cccc([N+](=O)[O-])c1NN. The molecular formula is C12H19N3O3. The molecule has 0 saturated carbocycles. The third kappa shape index (κ3) is 3.97. The van der Waals surface area contributed by atoms with E-state index in [0.717, 1.165) is 19.3 Å². The Balaban J connectivity index is 2.64. The van der Waals surface area contributed by atoms with Crippen LogP contribution < -0.4 is 11.3 Å². The van der Waals surface area contributed by atoms with E-state index >= 15 is 0 Å². The van der Waals surface area contributed by atoms with Crippen molar-refractivity contribution >= 4 is 11.4 Å². The summed E-state index contributed by atoms with van der Waals surface area (Å²) in [6.45, 7) is 3.10. The monoisotopic (exact) mass is 253 g/mol. The molecule has 6 nitrogen and oxygen atoms in total. The van der Waals surface area contributed by atoms with Crippen LogP contribution >= 0.6 is 0 Å². The maximum atomic E-state index is 10.8. The normalized spacial score (nSPS) is 10.3. The van der Waals surface area contributed by atoms with Crippen molar-refractivity contribution in [1.82, 2.24) is 0 Å². The molecule has 0 bridgehead atoms. The molecule has 1 aromatic carbocycles. The van der Waals surface area contributed by atoms with Gasteiger partial charge in [-0.25, -0.2) is 0 Å². The van der Waals surface area contributed by atoms with Crippen LogP contribution in [0.5, 0.6) is 0 Å². The molecule has 18 heavy (non-hydrogen) atoms. The molecule has 0 aliphatic carbocycles. The summed E-state index contributed by atoms with van der Waals surface area (Å²) in [5.41, 5.74) is 3.36. The average molecular weight is 253 g/mol. The Morgan fingerprint density at radius 2 is 2.22 bits per heavy atom. The van der Waals surface area contributed by atoms with Gasteiger partial charge in [-0.15, -0.1) is 0 Å². The number of nitrogen functional groups attached to an aromatic ring is 1. The molecule has 0 radical (unpaired) electrons. The quantitative estimate of drug-likeness (QED) is 0.321. The maximum Gasteiger partial charge on any atom is 0.294 e. The van der Waals surface area contributed by atoms with Gasteiger partial charge in [-0.05, 0) is 6.42 Å². The molecule has 0 aliphatic heterocycles. The minimum Gasteiger partial charge on any atom is -0.377 e. The first-order chi connectivity index (χ1) is 8.70. The topological polar surface area (TPSA) is 90.4 Å². The summed E-state index contributed by atoms with van der Waals surface area (Å²) in [5, 5.41) is 10.8. The van der Waals surface area contributed by atoms with Gasteiger partial charge in [0.25, 0.3) is 5.69 Å². The standard InChI is InChI=1S/C12H19N3O3/c1-2-3-4-8-18-9-10-6-5-7-11(15(16)17)12(10)14-13/h5-7,14H,2-4,8-9,13H2,1H3. The van der Waals surface area contributed by atoms with E-state index in [-0.39, 0.29) is 5.69 Å². The number of nitro benzene ring substituents is 1. The van der Waals surface area contributed by atoms with E-state index in [1.54, 1.807) is 12.1 Å². The van der Waals surface area contributed by atoms with E-state index in [2.05, 4.69) is 12.3 Å². The fourth-order valence-corrected chi connectivity index (χ4v) is 1.66. The Hall–Kier alpha value is -1.66. The van der Waals surface area contributed by atoms with Gasteiger partial charge >= 0.3 is 0 Å². The molecule has 1 aromatic rings. The second-order valence-corrected chi connectivity index (χ2v) is 3.97. The summed E-state index contributed by atoms with van der Waals surface area (Å²) in [4.78, 5) is 10.4. The number of hydrogen-bond donors (Lipinski definition) is 2. The molecule has 0 atom stereocenters. The third-order valence-corrected chi connectivity index (χ3v) is 2.62. The Morgan fingerprint density at radius 1 is 1.44 bits per heavy atom. The average Bonchev–Trinajstić information content (AvgIpc) is 2.38. The minimum absolute atomic E-state index is 0.0350. The fourth-order valence-electron chi connectivity index (χ4n) is 1.66. The molecule has 100 valence electrons. The van der Waals surface area contributed by atoms with Crippen molar-refractivity contribution in [2.24, 2.45) is 5.84 Å². The first-order valence-electron chi connectivity index (χ1n) is 6.01. The Bertz CT molecular complexity index is 396. The number of para-hydroxylation sites is 1. The molecule has 0 aliphatic rings. The lowest BCUT2D eigenvalue weighted by Crippen LogP contribution is -2.12. The summed E-state index contributed by atoms with van der Waals surface area (Å²) < 4.78 is 5.48. The lowest BCUT2D eigenvalue weighted by molar-refractivity contribution is -0.384. The van der Waals surface area contributed by atoms with E-state index in [4.69, 9.17) is 10.6 Å². The zero-order valence-corrected chi connectivity index (χ0v) is 10.5. The largest absolute Gasteiger partial charge is 0.377 e. The van der Waals surface area contributed by atoms with E-state index < -0.39 is 4.92 Å². The van der Waals surface area contributed by atoms with E-state index in [1.165, 1.54) is 6.07 Å². The molecule has 6 heteroatoms. The molecule has 1 rings (SSSR count). The highest BCUT2D eigenvalue weighted by Gasteiger charge is 2.16. The second kappa shape index (κ2) is 7.62. The minimum atomic E-state index is -0.463. The number of anilines is 1. The van der Waals surface area contributed by atoms with E-state index in [9.17, 15) is 10.1 Å². The number of nitrogens with zero attached hydrogens (tertiary/aromatic N) is 1. The highest BCUT2D eigenvalue weighted by Crippen LogP contribution is 2.27. The number of nitrogens with two attached hydrogens (primary N) is 1. The zero-order chi connectivity index (χ0) is 13.4. The lowest BCUT2D eigenvalue weighted by atomic mass is 10.1. The van der Waals surface area contributed by atoms with Crippen LogP contribution in [0.2, 0.25) is 0 Å². The number of nitrogens with one attached hydrogen (secondary N) is 1. The highest BCUT2D eigenvalue weighted by molar-refractivity contribution is 5.65. The lowest BCUT2D eigenvalue weighted by Gasteiger charge is -2.09. The summed E-state index contributed by atoms with van der Waals surface area (Å²) in [6.07, 6.45) is 3.25. The van der Waals surface area contributed by atoms with Crippen molar-refractivity contribution < 1.29 is 9.66 Å². The van der Waals surface area contributed by atoms with Gasteiger partial charge < -0.3 is 10.2 Å². The highest BCUT2D eigenvalue weighted by atomic mass is 16.6. The molecule has 0 fully saturated rings. The second-order valence-electron chi connectivity index (χ2n) is 3.97. The molecule has 0 saturated heterocycles. The van der Waals surface area contributed by atoms with Crippen LogP contribution in [0.15, 0.2) is 18.2 Å². The van der Waals surface area contributed by atoms with E-state index in [1.807, 2.05) is 0 Å². The first-order valence-corrected chi connectivity index (χ1v) is 6.01. The first kappa shape index (κ1) is 14.4. The van der Waals surface area contributed by atoms with Crippen LogP contribution in [0, 0.1) is 10.1 Å². The van der Waals surface area contributed by atoms with Crippen LogP contribution in [0.25, 0.3) is 0 Å². The van der Waals surface area contributed by atoms with Gasteiger partial charge in [-0.2, -0.15) is 0 Å². The number of rotatable bonds is 8. The van der Waals surface area contributed by atoms with Crippen molar-refractivity contribution in [1.29, 1.82) is 0 Å². The van der Waals surface area contributed by atoms with Gasteiger partial charge in [0.05, 0.1) is 11.5 Å². The van der Waals surface area contributed by atoms with Crippen molar-refractivity contribution in [2.45, 2.75) is 32.8 Å². The number of nitro groups is 1. The third-order valence-electron chi connectivity index (χ3n) is 2.62. The Labute approximate surface area is 106 Å². The van der Waals surface area contributed by atoms with Crippen LogP contribution in [0.1, 0.15) is 31.7 Å². The van der Waals surface area contributed by atoms with Crippen molar-refractivity contribution in [3.8, 4) is 0 Å². The van der Waals surface area contributed by atoms with Crippen LogP contribution in [0.4, 0.5) is 11.4 Å². The van der Waals surface area contributed by atoms with E-state index in [0.29, 0.717) is 24.5 Å². The number of hydrogen-bond acceptors (Lipinski definition) is 5. The maximum absolute atomic E-state index is 10.8. The van der Waals surface area contributed by atoms with Gasteiger partial charge in [0.2, 0.25) is 0 Å². The van der Waals surface area contributed by atoms with Crippen molar-refractivity contribution in [3.05, 3.63) is 33.9 Å². The molecule has 0 unspecified atom stereocenters. The van der Waals surface area contributed by atoms with Crippen molar-refractivity contribution in [2.75, 3.05) is 12.0 Å². The molecule has 0 spiro atoms. The summed E-state index contributed by atoms with van der Waals surface area (Å²) >= 11 is 0. The van der Waals surface area contributed by atoms with Crippen molar-refractivity contribution in [3.63, 3.8) is 0 Å². The zero-order valence-electron chi connectivity index (χ0n) is 10.5. The van der Waals surface area contributed by atoms with Gasteiger partial charge in [-0.1, -0.05) is 31.9 Å². The van der Waals surface area contributed by atoms with Gasteiger partial charge in [0.15, 0.2) is 0 Å². The predicted molar refractivity (Wildman–Crippen MR) is 70.1 cm³/mol. The summed E-state index contributed by atoms with van der Waals surface area (Å²) in [5.74, 6) is 5.33.